The second kappa shape index (κ2) is 6.67. The van der Waals surface area contributed by atoms with Crippen molar-refractivity contribution >= 4 is 5.97 Å². The standard InChI is InChI=1S/C15H24F2O2/c1-2-10-3-5-11(6-4-10)15(18)19-14-8-7-12(16)9-13(14)17/h10-14H,2-9H2,1H3. The lowest BCUT2D eigenvalue weighted by molar-refractivity contribution is -0.162. The molecule has 2 fully saturated rings. The minimum atomic E-state index is -1.33. The Hall–Kier alpha value is -0.670. The number of rotatable bonds is 3. The lowest BCUT2D eigenvalue weighted by Gasteiger charge is -2.31. The fourth-order valence-corrected chi connectivity index (χ4v) is 3.22. The molecule has 19 heavy (non-hydrogen) atoms. The van der Waals surface area contributed by atoms with Gasteiger partial charge in [0.15, 0.2) is 0 Å². The summed E-state index contributed by atoms with van der Waals surface area (Å²) in [5.74, 6) is 0.387. The molecule has 0 amide bonds. The number of carbonyl (C=O) groups excluding carboxylic acids is 1. The molecule has 2 aliphatic carbocycles. The van der Waals surface area contributed by atoms with E-state index in [9.17, 15) is 13.6 Å². The summed E-state index contributed by atoms with van der Waals surface area (Å²) in [6.45, 7) is 2.17. The first-order chi connectivity index (χ1) is 9.10. The number of hydrogen-bond acceptors (Lipinski definition) is 2. The van der Waals surface area contributed by atoms with Crippen LogP contribution in [0, 0.1) is 11.8 Å². The van der Waals surface area contributed by atoms with Crippen molar-refractivity contribution in [2.24, 2.45) is 11.8 Å². The molecule has 2 aliphatic rings. The quantitative estimate of drug-likeness (QED) is 0.728. The van der Waals surface area contributed by atoms with E-state index in [1.165, 1.54) is 0 Å². The maximum absolute atomic E-state index is 13.6. The van der Waals surface area contributed by atoms with E-state index in [0.29, 0.717) is 12.8 Å². The van der Waals surface area contributed by atoms with E-state index in [2.05, 4.69) is 6.92 Å². The first-order valence-electron chi connectivity index (χ1n) is 7.58. The minimum absolute atomic E-state index is 0.0712. The van der Waals surface area contributed by atoms with Crippen LogP contribution in [-0.4, -0.2) is 24.4 Å². The molecule has 2 saturated carbocycles. The smallest absolute Gasteiger partial charge is 0.309 e. The Balaban J connectivity index is 1.78. The fraction of sp³-hybridized carbons (Fsp3) is 0.933. The first-order valence-corrected chi connectivity index (χ1v) is 7.58. The SMILES string of the molecule is CCC1CCC(C(=O)OC2CCC(F)CC2F)CC1. The van der Waals surface area contributed by atoms with Gasteiger partial charge in [-0.1, -0.05) is 13.3 Å². The highest BCUT2D eigenvalue weighted by Gasteiger charge is 2.35. The zero-order chi connectivity index (χ0) is 13.8. The number of esters is 1. The molecule has 3 unspecified atom stereocenters. The van der Waals surface area contributed by atoms with Crippen LogP contribution in [0.15, 0.2) is 0 Å². The van der Waals surface area contributed by atoms with Gasteiger partial charge in [0.05, 0.1) is 5.92 Å². The van der Waals surface area contributed by atoms with Gasteiger partial charge in [0.25, 0.3) is 0 Å². The molecule has 0 bridgehead atoms. The molecule has 2 rings (SSSR count). The van der Waals surface area contributed by atoms with Gasteiger partial charge in [-0.3, -0.25) is 4.79 Å². The molecule has 0 N–H and O–H groups in total. The summed E-state index contributed by atoms with van der Waals surface area (Å²) in [6.07, 6.45) is 2.36. The van der Waals surface area contributed by atoms with E-state index in [1.807, 2.05) is 0 Å². The molecule has 0 aromatic rings. The Labute approximate surface area is 113 Å². The molecule has 4 heteroatoms. The van der Waals surface area contributed by atoms with Gasteiger partial charge in [0, 0.05) is 6.42 Å². The van der Waals surface area contributed by atoms with Crippen LogP contribution in [-0.2, 0) is 9.53 Å². The van der Waals surface area contributed by atoms with Crippen LogP contribution < -0.4 is 0 Å². The second-order valence-electron chi connectivity index (χ2n) is 6.03. The van der Waals surface area contributed by atoms with Crippen molar-refractivity contribution in [1.82, 2.24) is 0 Å². The van der Waals surface area contributed by atoms with Gasteiger partial charge in [-0.15, -0.1) is 0 Å². The van der Waals surface area contributed by atoms with Gasteiger partial charge in [0.1, 0.15) is 18.4 Å². The van der Waals surface area contributed by atoms with Gasteiger partial charge >= 0.3 is 5.97 Å². The number of ether oxygens (including phenoxy) is 1. The van der Waals surface area contributed by atoms with E-state index in [0.717, 1.165) is 38.0 Å². The van der Waals surface area contributed by atoms with Crippen molar-refractivity contribution in [2.45, 2.75) is 76.7 Å². The Morgan fingerprint density at radius 3 is 2.37 bits per heavy atom. The van der Waals surface area contributed by atoms with Crippen molar-refractivity contribution in [3.05, 3.63) is 0 Å². The van der Waals surface area contributed by atoms with Gasteiger partial charge in [-0.25, -0.2) is 8.78 Å². The lowest BCUT2D eigenvalue weighted by Crippen LogP contribution is -2.37. The van der Waals surface area contributed by atoms with Crippen LogP contribution in [0.2, 0.25) is 0 Å². The fourth-order valence-electron chi connectivity index (χ4n) is 3.22. The van der Waals surface area contributed by atoms with Gasteiger partial charge < -0.3 is 4.74 Å². The number of alkyl halides is 2. The number of carbonyl (C=O) groups is 1. The second-order valence-corrected chi connectivity index (χ2v) is 6.03. The van der Waals surface area contributed by atoms with Crippen LogP contribution in [0.1, 0.15) is 58.3 Å². The molecule has 0 heterocycles. The third kappa shape index (κ3) is 3.90. The summed E-state index contributed by atoms with van der Waals surface area (Å²) >= 11 is 0. The lowest BCUT2D eigenvalue weighted by atomic mass is 9.81. The van der Waals surface area contributed by atoms with E-state index < -0.39 is 18.4 Å². The number of hydrogen-bond donors (Lipinski definition) is 0. The maximum Gasteiger partial charge on any atom is 0.309 e. The summed E-state index contributed by atoms with van der Waals surface area (Å²) in [5.41, 5.74) is 0. The summed E-state index contributed by atoms with van der Waals surface area (Å²) in [6, 6.07) is 0. The monoisotopic (exact) mass is 274 g/mol. The Kier molecular flexibility index (Phi) is 5.17. The highest BCUT2D eigenvalue weighted by molar-refractivity contribution is 5.72. The van der Waals surface area contributed by atoms with E-state index in [4.69, 9.17) is 4.74 Å². The molecular formula is C15H24F2O2. The number of halogens is 2. The summed E-state index contributed by atoms with van der Waals surface area (Å²) in [4.78, 5) is 12.0. The summed E-state index contributed by atoms with van der Waals surface area (Å²) < 4.78 is 31.9. The van der Waals surface area contributed by atoms with Gasteiger partial charge in [0.2, 0.25) is 0 Å². The average molecular weight is 274 g/mol. The van der Waals surface area contributed by atoms with E-state index >= 15 is 0 Å². The van der Waals surface area contributed by atoms with E-state index in [-0.39, 0.29) is 18.3 Å². The van der Waals surface area contributed by atoms with E-state index in [1.54, 1.807) is 0 Å². The van der Waals surface area contributed by atoms with Crippen LogP contribution >= 0.6 is 0 Å². The van der Waals surface area contributed by atoms with Crippen molar-refractivity contribution in [3.63, 3.8) is 0 Å². The normalized spacial score (nSPS) is 39.8. The van der Waals surface area contributed by atoms with Crippen LogP contribution in [0.25, 0.3) is 0 Å². The van der Waals surface area contributed by atoms with Crippen LogP contribution in [0.5, 0.6) is 0 Å². The molecule has 0 aliphatic heterocycles. The topological polar surface area (TPSA) is 26.3 Å². The Morgan fingerprint density at radius 1 is 1.11 bits per heavy atom. The molecular weight excluding hydrogens is 250 g/mol. The van der Waals surface area contributed by atoms with Crippen LogP contribution in [0.4, 0.5) is 8.78 Å². The minimum Gasteiger partial charge on any atom is -0.459 e. The van der Waals surface area contributed by atoms with Gasteiger partial charge in [-0.05, 0) is 44.4 Å². The van der Waals surface area contributed by atoms with Gasteiger partial charge in [-0.2, -0.15) is 0 Å². The van der Waals surface area contributed by atoms with Crippen molar-refractivity contribution < 1.29 is 18.3 Å². The molecule has 0 spiro atoms. The van der Waals surface area contributed by atoms with Crippen molar-refractivity contribution in [3.8, 4) is 0 Å². The Bertz CT molecular complexity index is 301. The average Bonchev–Trinajstić information content (AvgIpc) is 2.42. The molecule has 0 saturated heterocycles. The predicted molar refractivity (Wildman–Crippen MR) is 69.3 cm³/mol. The molecule has 0 radical (unpaired) electrons. The zero-order valence-corrected chi connectivity index (χ0v) is 11.6. The molecule has 0 aromatic carbocycles. The van der Waals surface area contributed by atoms with Crippen molar-refractivity contribution in [2.75, 3.05) is 0 Å². The van der Waals surface area contributed by atoms with Crippen LogP contribution in [0.3, 0.4) is 0 Å². The van der Waals surface area contributed by atoms with Crippen molar-refractivity contribution in [1.29, 1.82) is 0 Å². The highest BCUT2D eigenvalue weighted by Crippen LogP contribution is 2.33. The first kappa shape index (κ1) is 14.7. The molecule has 2 nitrogen and oxygen atoms in total. The predicted octanol–water partition coefficient (Wildman–Crippen LogP) is 3.97. The zero-order valence-electron chi connectivity index (χ0n) is 11.6. The third-order valence-electron chi connectivity index (χ3n) is 4.67. The molecule has 110 valence electrons. The summed E-state index contributed by atoms with van der Waals surface area (Å²) in [5, 5.41) is 0. The molecule has 3 atom stereocenters. The third-order valence-corrected chi connectivity index (χ3v) is 4.67. The highest BCUT2D eigenvalue weighted by atomic mass is 19.1. The molecule has 0 aromatic heterocycles. The summed E-state index contributed by atoms with van der Waals surface area (Å²) in [7, 11) is 0. The maximum atomic E-state index is 13.6. The largest absolute Gasteiger partial charge is 0.459 e. The Morgan fingerprint density at radius 2 is 1.79 bits per heavy atom.